The predicted molar refractivity (Wildman–Crippen MR) is 80.8 cm³/mol. The standard InChI is InChI=1S/C14H19N3O2.ClH/c1-10(9-17-8-2-3-13(17)18)16-14(19)11-4-6-12(15)7-5-11;/h4-7,10H,2-3,8-9,15H2,1H3,(H,16,19);1H. The van der Waals surface area contributed by atoms with Crippen LogP contribution < -0.4 is 11.1 Å². The lowest BCUT2D eigenvalue weighted by Crippen LogP contribution is -2.42. The highest BCUT2D eigenvalue weighted by Crippen LogP contribution is 2.10. The van der Waals surface area contributed by atoms with E-state index >= 15 is 0 Å². The van der Waals surface area contributed by atoms with Gasteiger partial charge in [0.2, 0.25) is 5.91 Å². The molecular weight excluding hydrogens is 278 g/mol. The summed E-state index contributed by atoms with van der Waals surface area (Å²) in [4.78, 5) is 25.3. The number of carbonyl (C=O) groups excluding carboxylic acids is 2. The van der Waals surface area contributed by atoms with Crippen molar-refractivity contribution in [2.24, 2.45) is 0 Å². The normalized spacial score (nSPS) is 15.7. The number of nitrogen functional groups attached to an aromatic ring is 1. The van der Waals surface area contributed by atoms with E-state index in [9.17, 15) is 9.59 Å². The molecule has 1 heterocycles. The molecule has 5 nitrogen and oxygen atoms in total. The lowest BCUT2D eigenvalue weighted by atomic mass is 10.2. The van der Waals surface area contributed by atoms with Crippen LogP contribution in [0.4, 0.5) is 5.69 Å². The molecule has 0 radical (unpaired) electrons. The summed E-state index contributed by atoms with van der Waals surface area (Å²) in [5, 5.41) is 2.89. The van der Waals surface area contributed by atoms with E-state index in [1.807, 2.05) is 6.92 Å². The van der Waals surface area contributed by atoms with Crippen LogP contribution in [0.5, 0.6) is 0 Å². The predicted octanol–water partition coefficient (Wildman–Crippen LogP) is 1.43. The fraction of sp³-hybridized carbons (Fsp3) is 0.429. The van der Waals surface area contributed by atoms with Crippen LogP contribution in [0.2, 0.25) is 0 Å². The van der Waals surface area contributed by atoms with E-state index in [0.717, 1.165) is 13.0 Å². The summed E-state index contributed by atoms with van der Waals surface area (Å²) in [5.74, 6) is 0.0349. The van der Waals surface area contributed by atoms with Gasteiger partial charge in [0.25, 0.3) is 5.91 Å². The van der Waals surface area contributed by atoms with Crippen LogP contribution in [0.15, 0.2) is 24.3 Å². The maximum absolute atomic E-state index is 12.0. The van der Waals surface area contributed by atoms with E-state index < -0.39 is 0 Å². The van der Waals surface area contributed by atoms with Crippen LogP contribution in [0.3, 0.4) is 0 Å². The van der Waals surface area contributed by atoms with Crippen molar-refractivity contribution in [3.05, 3.63) is 29.8 Å². The molecule has 1 saturated heterocycles. The minimum Gasteiger partial charge on any atom is -0.399 e. The molecule has 3 N–H and O–H groups in total. The molecule has 2 rings (SSSR count). The van der Waals surface area contributed by atoms with Gasteiger partial charge in [-0.3, -0.25) is 9.59 Å². The summed E-state index contributed by atoms with van der Waals surface area (Å²) in [7, 11) is 0. The third-order valence-corrected chi connectivity index (χ3v) is 3.22. The number of amides is 2. The van der Waals surface area contributed by atoms with Crippen molar-refractivity contribution in [1.82, 2.24) is 10.2 Å². The molecule has 110 valence electrons. The SMILES string of the molecule is CC(CN1CCCC1=O)NC(=O)c1ccc(N)cc1.Cl. The summed E-state index contributed by atoms with van der Waals surface area (Å²) < 4.78 is 0. The first-order chi connectivity index (χ1) is 9.06. The molecule has 0 aliphatic carbocycles. The Hall–Kier alpha value is -1.75. The number of nitrogens with two attached hydrogens (primary N) is 1. The number of likely N-dealkylation sites (tertiary alicyclic amines) is 1. The smallest absolute Gasteiger partial charge is 0.251 e. The number of rotatable bonds is 4. The summed E-state index contributed by atoms with van der Waals surface area (Å²) in [6.45, 7) is 3.27. The van der Waals surface area contributed by atoms with Crippen LogP contribution in [-0.4, -0.2) is 35.8 Å². The zero-order chi connectivity index (χ0) is 13.8. The number of hydrogen-bond acceptors (Lipinski definition) is 3. The Morgan fingerprint density at radius 3 is 2.60 bits per heavy atom. The van der Waals surface area contributed by atoms with Crippen molar-refractivity contribution < 1.29 is 9.59 Å². The molecule has 20 heavy (non-hydrogen) atoms. The molecule has 1 aliphatic rings. The molecule has 2 amide bonds. The van der Waals surface area contributed by atoms with Gasteiger partial charge in [-0.05, 0) is 37.6 Å². The second-order valence-corrected chi connectivity index (χ2v) is 4.94. The van der Waals surface area contributed by atoms with Gasteiger partial charge in [-0.1, -0.05) is 0 Å². The van der Waals surface area contributed by atoms with Gasteiger partial charge in [-0.25, -0.2) is 0 Å². The number of nitrogens with zero attached hydrogens (tertiary/aromatic N) is 1. The van der Waals surface area contributed by atoms with Crippen LogP contribution in [0.25, 0.3) is 0 Å². The lowest BCUT2D eigenvalue weighted by molar-refractivity contribution is -0.127. The summed E-state index contributed by atoms with van der Waals surface area (Å²) in [6, 6.07) is 6.72. The second-order valence-electron chi connectivity index (χ2n) is 4.94. The Bertz CT molecular complexity index is 476. The zero-order valence-electron chi connectivity index (χ0n) is 11.5. The number of hydrogen-bond donors (Lipinski definition) is 2. The first kappa shape index (κ1) is 16.3. The number of halogens is 1. The Balaban J connectivity index is 0.00000200. The molecule has 1 aliphatic heterocycles. The van der Waals surface area contributed by atoms with Crippen molar-refractivity contribution in [1.29, 1.82) is 0 Å². The van der Waals surface area contributed by atoms with E-state index in [4.69, 9.17) is 5.73 Å². The maximum atomic E-state index is 12.0. The van der Waals surface area contributed by atoms with E-state index in [2.05, 4.69) is 5.32 Å². The van der Waals surface area contributed by atoms with Crippen LogP contribution in [0.1, 0.15) is 30.1 Å². The lowest BCUT2D eigenvalue weighted by Gasteiger charge is -2.21. The van der Waals surface area contributed by atoms with E-state index in [1.165, 1.54) is 0 Å². The van der Waals surface area contributed by atoms with Gasteiger partial charge < -0.3 is 16.0 Å². The van der Waals surface area contributed by atoms with Gasteiger partial charge in [-0.2, -0.15) is 0 Å². The van der Waals surface area contributed by atoms with E-state index in [1.54, 1.807) is 29.2 Å². The average molecular weight is 298 g/mol. The number of carbonyl (C=O) groups is 2. The van der Waals surface area contributed by atoms with Crippen molar-refractivity contribution in [3.8, 4) is 0 Å². The zero-order valence-corrected chi connectivity index (χ0v) is 12.3. The first-order valence-electron chi connectivity index (χ1n) is 6.50. The quantitative estimate of drug-likeness (QED) is 0.826. The molecule has 0 spiro atoms. The van der Waals surface area contributed by atoms with Crippen molar-refractivity contribution in [3.63, 3.8) is 0 Å². The van der Waals surface area contributed by atoms with Crippen LogP contribution in [0, 0.1) is 0 Å². The summed E-state index contributed by atoms with van der Waals surface area (Å²) in [6.07, 6.45) is 1.54. The minimum absolute atomic E-state index is 0. The molecule has 1 fully saturated rings. The molecule has 6 heteroatoms. The number of anilines is 1. The Morgan fingerprint density at radius 2 is 2.05 bits per heavy atom. The third-order valence-electron chi connectivity index (χ3n) is 3.22. The van der Waals surface area contributed by atoms with Gasteiger partial charge in [0.05, 0.1) is 0 Å². The van der Waals surface area contributed by atoms with Crippen LogP contribution >= 0.6 is 12.4 Å². The molecule has 1 aromatic carbocycles. The highest BCUT2D eigenvalue weighted by atomic mass is 35.5. The van der Waals surface area contributed by atoms with Crippen LogP contribution in [-0.2, 0) is 4.79 Å². The maximum Gasteiger partial charge on any atom is 0.251 e. The van der Waals surface area contributed by atoms with E-state index in [0.29, 0.717) is 24.2 Å². The Kier molecular flexibility index (Phi) is 5.82. The van der Waals surface area contributed by atoms with Crippen molar-refractivity contribution in [2.75, 3.05) is 18.8 Å². The van der Waals surface area contributed by atoms with Gasteiger partial charge in [-0.15, -0.1) is 12.4 Å². The van der Waals surface area contributed by atoms with Gasteiger partial charge >= 0.3 is 0 Å². The Morgan fingerprint density at radius 1 is 1.40 bits per heavy atom. The average Bonchev–Trinajstić information content (AvgIpc) is 2.75. The van der Waals surface area contributed by atoms with Gasteiger partial charge in [0.1, 0.15) is 0 Å². The molecule has 0 aromatic heterocycles. The van der Waals surface area contributed by atoms with E-state index in [-0.39, 0.29) is 30.3 Å². The molecule has 1 aromatic rings. The molecule has 1 atom stereocenters. The third kappa shape index (κ3) is 4.13. The molecule has 0 bridgehead atoms. The molecular formula is C14H20ClN3O2. The second kappa shape index (κ2) is 7.14. The summed E-state index contributed by atoms with van der Waals surface area (Å²) in [5.41, 5.74) is 6.79. The minimum atomic E-state index is -0.140. The molecule has 0 saturated carbocycles. The monoisotopic (exact) mass is 297 g/mol. The highest BCUT2D eigenvalue weighted by molar-refractivity contribution is 5.94. The summed E-state index contributed by atoms with van der Waals surface area (Å²) >= 11 is 0. The van der Waals surface area contributed by atoms with Gasteiger partial charge in [0.15, 0.2) is 0 Å². The number of nitrogens with one attached hydrogen (secondary N) is 1. The van der Waals surface area contributed by atoms with Crippen molar-refractivity contribution in [2.45, 2.75) is 25.8 Å². The fourth-order valence-electron chi connectivity index (χ4n) is 2.21. The van der Waals surface area contributed by atoms with Gasteiger partial charge in [0, 0.05) is 36.8 Å². The molecule has 1 unspecified atom stereocenters. The largest absolute Gasteiger partial charge is 0.399 e. The first-order valence-corrected chi connectivity index (χ1v) is 6.50. The highest BCUT2D eigenvalue weighted by Gasteiger charge is 2.22. The topological polar surface area (TPSA) is 75.4 Å². The fourth-order valence-corrected chi connectivity index (χ4v) is 2.21. The number of benzene rings is 1. The van der Waals surface area contributed by atoms with Crippen molar-refractivity contribution >= 4 is 29.9 Å². The Labute approximate surface area is 124 Å².